The van der Waals surface area contributed by atoms with Crippen molar-refractivity contribution in [1.29, 1.82) is 0 Å². The minimum absolute atomic E-state index is 0.137. The molecule has 146 valence electrons. The predicted octanol–water partition coefficient (Wildman–Crippen LogP) is 5.86. The first-order valence-corrected chi connectivity index (χ1v) is 9.80. The van der Waals surface area contributed by atoms with Crippen molar-refractivity contribution in [3.63, 3.8) is 0 Å². The summed E-state index contributed by atoms with van der Waals surface area (Å²) in [6.45, 7) is 10.6. The molecule has 0 unspecified atom stereocenters. The van der Waals surface area contributed by atoms with E-state index in [0.717, 1.165) is 17.4 Å². The maximum atomic E-state index is 13.4. The summed E-state index contributed by atoms with van der Waals surface area (Å²) in [4.78, 5) is 25.8. The molecule has 1 amide bonds. The number of nitrogens with one attached hydrogen (secondary N) is 1. The highest BCUT2D eigenvalue weighted by Crippen LogP contribution is 2.38. The molecule has 0 aliphatic carbocycles. The van der Waals surface area contributed by atoms with E-state index >= 15 is 0 Å². The second-order valence-corrected chi connectivity index (χ2v) is 8.83. The molecule has 1 heterocycles. The van der Waals surface area contributed by atoms with E-state index in [1.165, 1.54) is 29.5 Å². The van der Waals surface area contributed by atoms with Gasteiger partial charge in [0.25, 0.3) is 5.91 Å². The van der Waals surface area contributed by atoms with Crippen LogP contribution < -0.4 is 5.32 Å². The summed E-state index contributed by atoms with van der Waals surface area (Å²) in [6.07, 6.45) is 0.938. The van der Waals surface area contributed by atoms with Crippen LogP contribution in [0.15, 0.2) is 30.3 Å². The second-order valence-electron chi connectivity index (χ2n) is 7.74. The van der Waals surface area contributed by atoms with Gasteiger partial charge >= 0.3 is 5.97 Å². The Hall–Kier alpha value is -2.21. The molecular weight excluding hydrogens is 365 g/mol. The van der Waals surface area contributed by atoms with Gasteiger partial charge < -0.3 is 10.1 Å². The van der Waals surface area contributed by atoms with E-state index < -0.39 is 17.7 Å². The largest absolute Gasteiger partial charge is 0.462 e. The van der Waals surface area contributed by atoms with Gasteiger partial charge in [0.1, 0.15) is 10.8 Å². The van der Waals surface area contributed by atoms with Crippen molar-refractivity contribution in [2.75, 3.05) is 11.9 Å². The highest BCUT2D eigenvalue weighted by atomic mass is 32.1. The number of anilines is 1. The van der Waals surface area contributed by atoms with Crippen LogP contribution in [0, 0.1) is 11.2 Å². The summed E-state index contributed by atoms with van der Waals surface area (Å²) in [7, 11) is 0. The molecule has 1 aromatic carbocycles. The Bertz CT molecular complexity index is 823. The summed E-state index contributed by atoms with van der Waals surface area (Å²) in [5, 5.41) is 3.17. The molecule has 0 saturated carbocycles. The summed E-state index contributed by atoms with van der Waals surface area (Å²) >= 11 is 1.36. The zero-order chi connectivity index (χ0) is 20.2. The van der Waals surface area contributed by atoms with Gasteiger partial charge in [-0.25, -0.2) is 9.18 Å². The van der Waals surface area contributed by atoms with E-state index in [1.54, 1.807) is 13.0 Å². The van der Waals surface area contributed by atoms with Gasteiger partial charge in [-0.15, -0.1) is 11.3 Å². The third kappa shape index (κ3) is 5.89. The zero-order valence-electron chi connectivity index (χ0n) is 16.4. The Morgan fingerprint density at radius 1 is 1.26 bits per heavy atom. The molecule has 2 aromatic rings. The molecular formula is C21H26FNO3S. The number of ether oxygens (including phenoxy) is 1. The summed E-state index contributed by atoms with van der Waals surface area (Å²) in [6, 6.07) is 7.23. The van der Waals surface area contributed by atoms with Gasteiger partial charge in [-0.05, 0) is 48.9 Å². The van der Waals surface area contributed by atoms with Crippen molar-refractivity contribution >= 4 is 28.2 Å². The van der Waals surface area contributed by atoms with Crippen molar-refractivity contribution in [3.05, 3.63) is 52.2 Å². The lowest BCUT2D eigenvalue weighted by atomic mass is 9.85. The zero-order valence-corrected chi connectivity index (χ0v) is 17.2. The number of hydrogen-bond donors (Lipinski definition) is 1. The number of esters is 1. The first-order valence-electron chi connectivity index (χ1n) is 8.98. The quantitative estimate of drug-likeness (QED) is 0.628. The Labute approximate surface area is 163 Å². The SMILES string of the molecule is CCOC(=O)c1cc([C@H](C)CC(C)(C)C)sc1NC(=O)c1cccc(F)c1. The topological polar surface area (TPSA) is 55.4 Å². The number of halogens is 1. The molecule has 0 radical (unpaired) electrons. The van der Waals surface area contributed by atoms with E-state index in [1.807, 2.05) is 0 Å². The normalized spacial score (nSPS) is 12.5. The Kier molecular flexibility index (Phi) is 6.76. The van der Waals surface area contributed by atoms with Gasteiger partial charge in [0, 0.05) is 10.4 Å². The fourth-order valence-corrected chi connectivity index (χ4v) is 4.02. The fraction of sp³-hybridized carbons (Fsp3) is 0.429. The number of thiophene rings is 1. The molecule has 27 heavy (non-hydrogen) atoms. The van der Waals surface area contributed by atoms with Gasteiger partial charge in [0.05, 0.1) is 12.2 Å². The maximum absolute atomic E-state index is 13.4. The summed E-state index contributed by atoms with van der Waals surface area (Å²) in [5.74, 6) is -1.20. The van der Waals surface area contributed by atoms with Crippen molar-refractivity contribution in [2.45, 2.75) is 47.0 Å². The molecule has 1 N–H and O–H groups in total. The average Bonchev–Trinajstić information content (AvgIpc) is 2.97. The number of amides is 1. The average molecular weight is 392 g/mol. The number of carbonyl (C=O) groups excluding carboxylic acids is 2. The molecule has 0 aliphatic rings. The molecule has 0 aliphatic heterocycles. The van der Waals surface area contributed by atoms with Gasteiger partial charge in [-0.1, -0.05) is 33.8 Å². The molecule has 6 heteroatoms. The van der Waals surface area contributed by atoms with Crippen LogP contribution in [-0.2, 0) is 4.74 Å². The second kappa shape index (κ2) is 8.65. The molecule has 0 saturated heterocycles. The Balaban J connectivity index is 2.32. The molecule has 0 bridgehead atoms. The van der Waals surface area contributed by atoms with Crippen LogP contribution in [0.3, 0.4) is 0 Å². The lowest BCUT2D eigenvalue weighted by Crippen LogP contribution is -2.14. The Morgan fingerprint density at radius 3 is 2.56 bits per heavy atom. The number of hydrogen-bond acceptors (Lipinski definition) is 4. The van der Waals surface area contributed by atoms with Crippen LogP contribution in [0.5, 0.6) is 0 Å². The monoisotopic (exact) mass is 391 g/mol. The van der Waals surface area contributed by atoms with Crippen molar-refractivity contribution in [1.82, 2.24) is 0 Å². The van der Waals surface area contributed by atoms with Crippen molar-refractivity contribution in [3.8, 4) is 0 Å². The molecule has 2 rings (SSSR count). The van der Waals surface area contributed by atoms with Crippen molar-refractivity contribution < 1.29 is 18.7 Å². The van der Waals surface area contributed by atoms with Crippen LogP contribution in [-0.4, -0.2) is 18.5 Å². The van der Waals surface area contributed by atoms with Gasteiger partial charge in [0.2, 0.25) is 0 Å². The van der Waals surface area contributed by atoms with E-state index in [2.05, 4.69) is 33.0 Å². The lowest BCUT2D eigenvalue weighted by molar-refractivity contribution is 0.0528. The third-order valence-corrected chi connectivity index (χ3v) is 5.25. The number of carbonyl (C=O) groups is 2. The summed E-state index contributed by atoms with van der Waals surface area (Å²) in [5.41, 5.74) is 0.670. The molecule has 0 fully saturated rings. The maximum Gasteiger partial charge on any atom is 0.341 e. The minimum atomic E-state index is -0.487. The third-order valence-electron chi connectivity index (χ3n) is 3.96. The molecule has 4 nitrogen and oxygen atoms in total. The number of rotatable bonds is 6. The van der Waals surface area contributed by atoms with E-state index in [-0.39, 0.29) is 23.5 Å². The van der Waals surface area contributed by atoms with Crippen LogP contribution >= 0.6 is 11.3 Å². The predicted molar refractivity (Wildman–Crippen MR) is 107 cm³/mol. The van der Waals surface area contributed by atoms with Gasteiger partial charge in [-0.3, -0.25) is 4.79 Å². The van der Waals surface area contributed by atoms with Gasteiger partial charge in [0.15, 0.2) is 0 Å². The van der Waals surface area contributed by atoms with E-state index in [0.29, 0.717) is 10.6 Å². The molecule has 1 aromatic heterocycles. The smallest absolute Gasteiger partial charge is 0.341 e. The lowest BCUT2D eigenvalue weighted by Gasteiger charge is -2.22. The standard InChI is InChI=1S/C21H26FNO3S/c1-6-26-20(25)16-11-17(13(2)12-21(3,4)5)27-19(16)23-18(24)14-8-7-9-15(22)10-14/h7-11,13H,6,12H2,1-5H3,(H,23,24)/t13-/m1/s1. The van der Waals surface area contributed by atoms with E-state index in [4.69, 9.17) is 4.74 Å². The van der Waals surface area contributed by atoms with Crippen LogP contribution in [0.4, 0.5) is 9.39 Å². The highest BCUT2D eigenvalue weighted by molar-refractivity contribution is 7.16. The summed E-state index contributed by atoms with van der Waals surface area (Å²) < 4.78 is 18.5. The highest BCUT2D eigenvalue weighted by Gasteiger charge is 2.24. The first kappa shape index (κ1) is 21.1. The van der Waals surface area contributed by atoms with Crippen LogP contribution in [0.1, 0.15) is 72.6 Å². The van der Waals surface area contributed by atoms with Crippen LogP contribution in [0.25, 0.3) is 0 Å². The Morgan fingerprint density at radius 2 is 1.96 bits per heavy atom. The fourth-order valence-electron chi connectivity index (χ4n) is 2.93. The first-order chi connectivity index (χ1) is 12.6. The van der Waals surface area contributed by atoms with Crippen molar-refractivity contribution in [2.24, 2.45) is 5.41 Å². The molecule has 0 spiro atoms. The molecule has 1 atom stereocenters. The number of benzene rings is 1. The van der Waals surface area contributed by atoms with E-state index in [9.17, 15) is 14.0 Å². The minimum Gasteiger partial charge on any atom is -0.462 e. The van der Waals surface area contributed by atoms with Gasteiger partial charge in [-0.2, -0.15) is 0 Å². The van der Waals surface area contributed by atoms with Crippen LogP contribution in [0.2, 0.25) is 0 Å².